The minimum absolute atomic E-state index is 0.000118. The summed E-state index contributed by atoms with van der Waals surface area (Å²) in [7, 11) is -2.38. The van der Waals surface area contributed by atoms with Crippen LogP contribution in [0.1, 0.15) is 106 Å². The van der Waals surface area contributed by atoms with Crippen LogP contribution in [0.3, 0.4) is 0 Å². The molecule has 0 heterocycles. The molecule has 0 saturated heterocycles. The minimum atomic E-state index is -2.38. The van der Waals surface area contributed by atoms with Crippen LogP contribution in [-0.2, 0) is 36.7 Å². The van der Waals surface area contributed by atoms with Gasteiger partial charge in [-0.15, -0.1) is 0 Å². The van der Waals surface area contributed by atoms with Gasteiger partial charge in [0.1, 0.15) is 5.78 Å². The molecular weight excluding hydrogens is 617 g/mol. The van der Waals surface area contributed by atoms with Crippen molar-refractivity contribution >= 4 is 19.9 Å². The normalized spacial score (nSPS) is 24.2. The number of hydrogen-bond acceptors (Lipinski definition) is 6. The summed E-state index contributed by atoms with van der Waals surface area (Å²) in [5.41, 5.74) is 1.93. The summed E-state index contributed by atoms with van der Waals surface area (Å²) in [6.07, 6.45) is 0.268. The molecule has 2 aliphatic rings. The number of ether oxygens (including phenoxy) is 2. The average Bonchev–Trinajstić information content (AvgIpc) is 3.03. The number of hydrogen-bond donors (Lipinski definition) is 1. The first-order chi connectivity index (χ1) is 22.6. The number of benzene rings is 2. The van der Waals surface area contributed by atoms with Gasteiger partial charge in [0, 0.05) is 35.2 Å². The fourth-order valence-electron chi connectivity index (χ4n) is 8.94. The Morgan fingerprint density at radius 3 is 1.75 bits per heavy atom. The number of aliphatic hydroxyl groups excluding tert-OH is 1. The summed E-state index contributed by atoms with van der Waals surface area (Å²) >= 11 is 0. The van der Waals surface area contributed by atoms with Crippen molar-refractivity contribution in [1.29, 1.82) is 0 Å². The van der Waals surface area contributed by atoms with E-state index in [-0.39, 0.29) is 11.6 Å². The molecule has 4 atom stereocenters. The lowest BCUT2D eigenvalue weighted by atomic mass is 9.57. The van der Waals surface area contributed by atoms with Gasteiger partial charge >= 0.3 is 0 Å². The number of carbonyl (C=O) groups is 2. The van der Waals surface area contributed by atoms with Gasteiger partial charge in [-0.3, -0.25) is 9.59 Å². The van der Waals surface area contributed by atoms with E-state index in [2.05, 4.69) is 41.5 Å². The summed E-state index contributed by atoms with van der Waals surface area (Å²) in [6, 6.07) is 19.9. The largest absolute Gasteiger partial charge is 0.545 e. The van der Waals surface area contributed by atoms with E-state index in [0.717, 1.165) is 11.1 Å². The lowest BCUT2D eigenvalue weighted by Crippen LogP contribution is -2.57. The zero-order valence-electron chi connectivity index (χ0n) is 31.0. The average molecular weight is 677 g/mol. The third-order valence-corrected chi connectivity index (χ3v) is 17.7. The molecule has 2 aromatic rings. The number of rotatable bonds is 14. The van der Waals surface area contributed by atoms with E-state index < -0.39 is 43.4 Å². The number of ketones is 2. The highest BCUT2D eigenvalue weighted by atomic mass is 28.4. The Labute approximate surface area is 290 Å². The molecule has 1 fully saturated rings. The zero-order chi connectivity index (χ0) is 35.4. The second kappa shape index (κ2) is 15.5. The number of carbonyl (C=O) groups excluding carboxylic acids is 2. The van der Waals surface area contributed by atoms with Crippen molar-refractivity contribution in [1.82, 2.24) is 0 Å². The van der Waals surface area contributed by atoms with Gasteiger partial charge in [0.05, 0.1) is 31.0 Å². The second-order valence-corrected chi connectivity index (χ2v) is 21.4. The van der Waals surface area contributed by atoms with E-state index in [4.69, 9.17) is 13.9 Å². The zero-order valence-corrected chi connectivity index (χ0v) is 32.0. The molecule has 0 amide bonds. The fourth-order valence-corrected chi connectivity index (χ4v) is 14.3. The molecule has 0 bridgehead atoms. The fraction of sp³-hybridized carbons (Fsp3) is 0.610. The quantitative estimate of drug-likeness (QED) is 0.159. The topological polar surface area (TPSA) is 82.1 Å². The van der Waals surface area contributed by atoms with Gasteiger partial charge in [0.25, 0.3) is 8.32 Å². The Balaban J connectivity index is 1.72. The van der Waals surface area contributed by atoms with Gasteiger partial charge in [0.15, 0.2) is 12.1 Å². The molecule has 264 valence electrons. The molecule has 7 heteroatoms. The molecule has 4 rings (SSSR count). The van der Waals surface area contributed by atoms with Gasteiger partial charge in [-0.25, -0.2) is 0 Å². The van der Waals surface area contributed by atoms with E-state index >= 15 is 0 Å². The Kier molecular flexibility index (Phi) is 12.4. The van der Waals surface area contributed by atoms with E-state index in [1.165, 1.54) is 0 Å². The van der Waals surface area contributed by atoms with Crippen LogP contribution in [0, 0.1) is 22.7 Å². The minimum Gasteiger partial charge on any atom is -0.545 e. The van der Waals surface area contributed by atoms with Crippen LogP contribution in [0.25, 0.3) is 0 Å². The predicted molar refractivity (Wildman–Crippen MR) is 194 cm³/mol. The Hall–Kier alpha value is -2.58. The Morgan fingerprint density at radius 1 is 0.812 bits per heavy atom. The van der Waals surface area contributed by atoms with Crippen molar-refractivity contribution < 1.29 is 28.6 Å². The summed E-state index contributed by atoms with van der Waals surface area (Å²) < 4.78 is 20.3. The van der Waals surface area contributed by atoms with Gasteiger partial charge < -0.3 is 19.0 Å². The maximum Gasteiger partial charge on any atom is 0.258 e. The highest BCUT2D eigenvalue weighted by Crippen LogP contribution is 2.53. The summed E-state index contributed by atoms with van der Waals surface area (Å²) in [4.78, 5) is 28.3. The first-order valence-electron chi connectivity index (χ1n) is 18.0. The summed E-state index contributed by atoms with van der Waals surface area (Å²) in [5, 5.41) is 12.6. The van der Waals surface area contributed by atoms with Gasteiger partial charge in [-0.2, -0.15) is 0 Å². The monoisotopic (exact) mass is 676 g/mol. The lowest BCUT2D eigenvalue weighted by molar-refractivity contribution is -0.246. The molecule has 6 nitrogen and oxygen atoms in total. The summed E-state index contributed by atoms with van der Waals surface area (Å²) in [6.45, 7) is 21.8. The SMILES string of the molecule is CC1=C(O[Si](C(C)C)(C(C)C)C(C)C)C[C@@H]([C@H](O)[C@@H]2C(=O)CCC[C@@]2(C)C(OCc2ccccc2)OCc2ccccc2)C(C)(C)C1=O. The second-order valence-electron chi connectivity index (χ2n) is 16.0. The first kappa shape index (κ1) is 38.2. The molecule has 2 aromatic carbocycles. The van der Waals surface area contributed by atoms with Crippen molar-refractivity contribution in [3.8, 4) is 0 Å². The van der Waals surface area contributed by atoms with Crippen molar-refractivity contribution in [3.63, 3.8) is 0 Å². The van der Waals surface area contributed by atoms with Gasteiger partial charge in [-0.05, 0) is 47.5 Å². The van der Waals surface area contributed by atoms with Crippen LogP contribution < -0.4 is 0 Å². The van der Waals surface area contributed by atoms with Crippen LogP contribution in [0.4, 0.5) is 0 Å². The first-order valence-corrected chi connectivity index (χ1v) is 20.2. The summed E-state index contributed by atoms with van der Waals surface area (Å²) in [5.74, 6) is -0.610. The van der Waals surface area contributed by atoms with Crippen molar-refractivity contribution in [3.05, 3.63) is 83.1 Å². The van der Waals surface area contributed by atoms with E-state index in [0.29, 0.717) is 66.9 Å². The molecule has 0 aromatic heterocycles. The molecule has 0 radical (unpaired) electrons. The van der Waals surface area contributed by atoms with Crippen LogP contribution in [0.15, 0.2) is 72.0 Å². The molecule has 2 aliphatic carbocycles. The van der Waals surface area contributed by atoms with Crippen molar-refractivity contribution in [2.24, 2.45) is 22.7 Å². The van der Waals surface area contributed by atoms with E-state index in [1.807, 2.05) is 88.4 Å². The number of allylic oxidation sites excluding steroid dienone is 2. The lowest BCUT2D eigenvalue weighted by Gasteiger charge is -2.51. The molecule has 0 unspecified atom stereocenters. The molecular formula is C41H60O6Si. The van der Waals surface area contributed by atoms with E-state index in [9.17, 15) is 14.7 Å². The maximum atomic E-state index is 14.2. The van der Waals surface area contributed by atoms with Crippen LogP contribution >= 0.6 is 0 Å². The molecule has 1 N–H and O–H groups in total. The molecule has 1 saturated carbocycles. The number of Topliss-reactive ketones (excluding diaryl/α,β-unsaturated/α-hetero) is 2. The standard InChI is InChI=1S/C41H60O6Si/c1-27(2)48(28(3)4,29(5)6)47-35-24-33(40(8,9)38(44)30(35)7)37(43)36-34(42)22-17-23-41(36,10)39(45-25-31-18-13-11-14-19-31)46-26-32-20-15-12-16-21-32/h11-16,18-21,27-29,33,36-37,39,43H,17,22-26H2,1-10H3/t33-,36-,37-,41+/m0/s1. The molecule has 0 aliphatic heterocycles. The van der Waals surface area contributed by atoms with Gasteiger partial charge in [-0.1, -0.05) is 123 Å². The Morgan fingerprint density at radius 2 is 1.29 bits per heavy atom. The third-order valence-electron chi connectivity index (χ3n) is 11.7. The highest BCUT2D eigenvalue weighted by molar-refractivity contribution is 6.77. The van der Waals surface area contributed by atoms with E-state index in [1.54, 1.807) is 0 Å². The number of aliphatic hydroxyl groups is 1. The smallest absolute Gasteiger partial charge is 0.258 e. The molecule has 48 heavy (non-hydrogen) atoms. The Bertz CT molecular complexity index is 1350. The predicted octanol–water partition coefficient (Wildman–Crippen LogP) is 9.56. The van der Waals surface area contributed by atoms with Crippen molar-refractivity contribution in [2.75, 3.05) is 0 Å². The third kappa shape index (κ3) is 7.59. The maximum absolute atomic E-state index is 14.2. The molecule has 0 spiro atoms. The van der Waals surface area contributed by atoms with Crippen LogP contribution in [0.5, 0.6) is 0 Å². The van der Waals surface area contributed by atoms with Crippen molar-refractivity contribution in [2.45, 2.75) is 137 Å². The van der Waals surface area contributed by atoms with Crippen LogP contribution in [0.2, 0.25) is 16.6 Å². The highest BCUT2D eigenvalue weighted by Gasteiger charge is 2.58. The van der Waals surface area contributed by atoms with Gasteiger partial charge in [0.2, 0.25) is 0 Å². The van der Waals surface area contributed by atoms with Crippen LogP contribution in [-0.4, -0.2) is 37.4 Å².